The van der Waals surface area contributed by atoms with E-state index in [1.807, 2.05) is 36.4 Å². The van der Waals surface area contributed by atoms with Crippen LogP contribution in [0, 0.1) is 5.82 Å². The number of carbonyl (C=O) groups excluding carboxylic acids is 1. The largest absolute Gasteiger partial charge is 0.367 e. The zero-order chi connectivity index (χ0) is 16.2. The highest BCUT2D eigenvalue weighted by Gasteiger charge is 2.23. The second-order valence-electron chi connectivity index (χ2n) is 5.51. The van der Waals surface area contributed by atoms with Gasteiger partial charge in [0.05, 0.1) is 5.69 Å². The first-order valence-electron chi connectivity index (χ1n) is 7.60. The molecular formula is C18H20ClFN2O2. The summed E-state index contributed by atoms with van der Waals surface area (Å²) >= 11 is 0. The second-order valence-corrected chi connectivity index (χ2v) is 5.51. The number of halogens is 2. The Labute approximate surface area is 146 Å². The van der Waals surface area contributed by atoms with E-state index in [-0.39, 0.29) is 29.8 Å². The van der Waals surface area contributed by atoms with E-state index in [1.165, 1.54) is 7.11 Å². The van der Waals surface area contributed by atoms with Gasteiger partial charge in [0.15, 0.2) is 6.10 Å². The van der Waals surface area contributed by atoms with Crippen molar-refractivity contribution in [2.75, 3.05) is 19.0 Å². The van der Waals surface area contributed by atoms with Crippen LogP contribution in [-0.2, 0) is 22.5 Å². The third-order valence-electron chi connectivity index (χ3n) is 4.04. The van der Waals surface area contributed by atoms with Gasteiger partial charge in [0.25, 0.3) is 5.91 Å². The minimum Gasteiger partial charge on any atom is -0.367 e. The maximum Gasteiger partial charge on any atom is 0.258 e. The van der Waals surface area contributed by atoms with E-state index in [1.54, 1.807) is 6.07 Å². The van der Waals surface area contributed by atoms with E-state index in [9.17, 15) is 9.18 Å². The molecule has 1 atom stereocenters. The molecule has 0 saturated heterocycles. The fraction of sp³-hybridized carbons (Fsp3) is 0.278. The molecule has 2 aromatic rings. The van der Waals surface area contributed by atoms with E-state index >= 15 is 0 Å². The van der Waals surface area contributed by atoms with Crippen LogP contribution in [0.4, 0.5) is 10.1 Å². The normalized spacial score (nSPS) is 14.2. The zero-order valence-electron chi connectivity index (χ0n) is 13.3. The van der Waals surface area contributed by atoms with E-state index in [0.29, 0.717) is 18.5 Å². The molecule has 3 rings (SSSR count). The Morgan fingerprint density at radius 3 is 2.71 bits per heavy atom. The predicted molar refractivity (Wildman–Crippen MR) is 93.9 cm³/mol. The maximum absolute atomic E-state index is 14.6. The minimum absolute atomic E-state index is 0. The van der Waals surface area contributed by atoms with Gasteiger partial charge in [-0.1, -0.05) is 36.4 Å². The van der Waals surface area contributed by atoms with Crippen LogP contribution in [0.15, 0.2) is 42.5 Å². The number of rotatable bonds is 4. The summed E-state index contributed by atoms with van der Waals surface area (Å²) in [4.78, 5) is 12.4. The van der Waals surface area contributed by atoms with Crippen molar-refractivity contribution in [3.05, 3.63) is 65.0 Å². The third kappa shape index (κ3) is 3.75. The molecule has 0 spiro atoms. The van der Waals surface area contributed by atoms with Gasteiger partial charge in [0, 0.05) is 13.7 Å². The van der Waals surface area contributed by atoms with Crippen molar-refractivity contribution in [3.63, 3.8) is 0 Å². The van der Waals surface area contributed by atoms with Gasteiger partial charge in [-0.05, 0) is 35.7 Å². The van der Waals surface area contributed by atoms with Crippen molar-refractivity contribution in [3.8, 4) is 0 Å². The van der Waals surface area contributed by atoms with Crippen molar-refractivity contribution in [1.29, 1.82) is 0 Å². The Morgan fingerprint density at radius 2 is 2.00 bits per heavy atom. The SMILES string of the molecule is COC(C(=O)Nc1ccc2c(c1F)CCNC2)c1ccccc1.Cl. The molecule has 1 aliphatic rings. The maximum atomic E-state index is 14.6. The molecule has 0 aliphatic carbocycles. The number of hydrogen-bond donors (Lipinski definition) is 2. The minimum atomic E-state index is -0.770. The summed E-state index contributed by atoms with van der Waals surface area (Å²) in [5.74, 6) is -0.730. The smallest absolute Gasteiger partial charge is 0.258 e. The van der Waals surface area contributed by atoms with Crippen LogP contribution in [-0.4, -0.2) is 19.6 Å². The fourth-order valence-electron chi connectivity index (χ4n) is 2.85. The van der Waals surface area contributed by atoms with Crippen LogP contribution in [0.3, 0.4) is 0 Å². The number of fused-ring (bicyclic) bond motifs is 1. The monoisotopic (exact) mass is 350 g/mol. The number of nitrogens with one attached hydrogen (secondary N) is 2. The van der Waals surface area contributed by atoms with Gasteiger partial charge in [-0.2, -0.15) is 0 Å². The number of methoxy groups -OCH3 is 1. The lowest BCUT2D eigenvalue weighted by Gasteiger charge is -2.20. The molecule has 0 bridgehead atoms. The van der Waals surface area contributed by atoms with Crippen LogP contribution < -0.4 is 10.6 Å². The van der Waals surface area contributed by atoms with Crippen molar-refractivity contribution >= 4 is 24.0 Å². The Balaban J connectivity index is 0.00000208. The molecule has 128 valence electrons. The summed E-state index contributed by atoms with van der Waals surface area (Å²) in [6, 6.07) is 12.6. The first-order valence-corrected chi connectivity index (χ1v) is 7.60. The lowest BCUT2D eigenvalue weighted by atomic mass is 9.99. The van der Waals surface area contributed by atoms with Gasteiger partial charge in [0.2, 0.25) is 0 Å². The number of ether oxygens (including phenoxy) is 1. The van der Waals surface area contributed by atoms with Crippen LogP contribution in [0.2, 0.25) is 0 Å². The van der Waals surface area contributed by atoms with Gasteiger partial charge in [-0.3, -0.25) is 4.79 Å². The average molecular weight is 351 g/mol. The Bertz CT molecular complexity index is 710. The lowest BCUT2D eigenvalue weighted by molar-refractivity contribution is -0.126. The number of amides is 1. The standard InChI is InChI=1S/C18H19FN2O2.ClH/c1-23-17(12-5-3-2-4-6-12)18(22)21-15-8-7-13-11-20-10-9-14(13)16(15)19;/h2-8,17,20H,9-11H2,1H3,(H,21,22);1H. The molecule has 0 radical (unpaired) electrons. The summed E-state index contributed by atoms with van der Waals surface area (Å²) in [6.45, 7) is 1.40. The molecule has 4 nitrogen and oxygen atoms in total. The summed E-state index contributed by atoms with van der Waals surface area (Å²) in [7, 11) is 1.46. The molecule has 0 fully saturated rings. The van der Waals surface area contributed by atoms with E-state index < -0.39 is 6.10 Å². The molecule has 24 heavy (non-hydrogen) atoms. The van der Waals surface area contributed by atoms with Gasteiger partial charge >= 0.3 is 0 Å². The predicted octanol–water partition coefficient (Wildman–Crippen LogP) is 3.22. The molecule has 2 N–H and O–H groups in total. The first kappa shape index (κ1) is 18.4. The van der Waals surface area contributed by atoms with Gasteiger partial charge < -0.3 is 15.4 Å². The van der Waals surface area contributed by atoms with Crippen molar-refractivity contribution in [1.82, 2.24) is 5.32 Å². The van der Waals surface area contributed by atoms with Gasteiger partial charge in [0.1, 0.15) is 5.82 Å². The van der Waals surface area contributed by atoms with Crippen molar-refractivity contribution in [2.45, 2.75) is 19.1 Å². The summed E-state index contributed by atoms with van der Waals surface area (Å²) in [5, 5.41) is 5.85. The summed E-state index contributed by atoms with van der Waals surface area (Å²) in [5.41, 5.74) is 2.55. The number of anilines is 1. The lowest BCUT2D eigenvalue weighted by Crippen LogP contribution is -2.26. The molecule has 0 aromatic heterocycles. The molecule has 2 aromatic carbocycles. The topological polar surface area (TPSA) is 50.4 Å². The highest BCUT2D eigenvalue weighted by atomic mass is 35.5. The van der Waals surface area contributed by atoms with Crippen molar-refractivity contribution < 1.29 is 13.9 Å². The van der Waals surface area contributed by atoms with Gasteiger partial charge in [-0.15, -0.1) is 12.4 Å². The third-order valence-corrected chi connectivity index (χ3v) is 4.04. The first-order chi connectivity index (χ1) is 11.2. The Hall–Kier alpha value is -1.95. The van der Waals surface area contributed by atoms with Crippen LogP contribution in [0.25, 0.3) is 0 Å². The fourth-order valence-corrected chi connectivity index (χ4v) is 2.85. The molecule has 1 unspecified atom stereocenters. The number of carbonyl (C=O) groups is 1. The average Bonchev–Trinajstić information content (AvgIpc) is 2.59. The van der Waals surface area contributed by atoms with Crippen LogP contribution in [0.1, 0.15) is 22.8 Å². The highest BCUT2D eigenvalue weighted by Crippen LogP contribution is 2.26. The molecule has 1 amide bonds. The Morgan fingerprint density at radius 1 is 1.25 bits per heavy atom. The molecule has 0 saturated carbocycles. The molecule has 1 aliphatic heterocycles. The van der Waals surface area contributed by atoms with Crippen LogP contribution >= 0.6 is 12.4 Å². The number of hydrogen-bond acceptors (Lipinski definition) is 3. The Kier molecular flexibility index (Phi) is 6.31. The van der Waals surface area contributed by atoms with Crippen molar-refractivity contribution in [2.24, 2.45) is 0 Å². The molecule has 6 heteroatoms. The second kappa shape index (κ2) is 8.24. The highest BCUT2D eigenvalue weighted by molar-refractivity contribution is 5.95. The van der Waals surface area contributed by atoms with E-state index in [4.69, 9.17) is 4.74 Å². The summed E-state index contributed by atoms with van der Waals surface area (Å²) < 4.78 is 19.9. The van der Waals surface area contributed by atoms with Crippen LogP contribution in [0.5, 0.6) is 0 Å². The number of benzene rings is 2. The quantitative estimate of drug-likeness (QED) is 0.890. The van der Waals surface area contributed by atoms with Gasteiger partial charge in [-0.25, -0.2) is 4.39 Å². The molecule has 1 heterocycles. The zero-order valence-corrected chi connectivity index (χ0v) is 14.2. The summed E-state index contributed by atoms with van der Waals surface area (Å²) in [6.07, 6.45) is -0.148. The van der Waals surface area contributed by atoms with E-state index in [0.717, 1.165) is 17.7 Å². The molecular weight excluding hydrogens is 331 g/mol. The van der Waals surface area contributed by atoms with E-state index in [2.05, 4.69) is 10.6 Å².